The van der Waals surface area contributed by atoms with Crippen molar-refractivity contribution in [3.8, 4) is 0 Å². The Bertz CT molecular complexity index is 341. The van der Waals surface area contributed by atoms with Gasteiger partial charge in [-0.05, 0) is 37.4 Å². The average molecular weight is 265 g/mol. The zero-order chi connectivity index (χ0) is 13.9. The van der Waals surface area contributed by atoms with E-state index in [9.17, 15) is 0 Å². The number of hydrogen-bond donors (Lipinski definition) is 1. The number of methoxy groups -OCH3 is 1. The molecule has 0 saturated heterocycles. The monoisotopic (exact) mass is 265 g/mol. The van der Waals surface area contributed by atoms with Gasteiger partial charge in [0.25, 0.3) is 0 Å². The molecule has 1 atom stereocenters. The van der Waals surface area contributed by atoms with Crippen LogP contribution in [-0.2, 0) is 9.47 Å². The average Bonchev–Trinajstić information content (AvgIpc) is 2.42. The Kier molecular flexibility index (Phi) is 8.47. The Hall–Kier alpha value is -0.900. The van der Waals surface area contributed by atoms with E-state index in [0.29, 0.717) is 0 Å². The number of benzene rings is 1. The molecule has 1 aromatic carbocycles. The fourth-order valence-electron chi connectivity index (χ4n) is 2.05. The lowest BCUT2D eigenvalue weighted by molar-refractivity contribution is 0.0386. The maximum Gasteiger partial charge on any atom is 0.0951 e. The van der Waals surface area contributed by atoms with Crippen molar-refractivity contribution in [3.63, 3.8) is 0 Å². The molecule has 0 aliphatic heterocycles. The van der Waals surface area contributed by atoms with Crippen molar-refractivity contribution in [3.05, 3.63) is 35.4 Å². The first kappa shape index (κ1) is 16.2. The molecule has 0 aromatic heterocycles. The smallest absolute Gasteiger partial charge is 0.0951 e. The molecule has 0 radical (unpaired) electrons. The number of ether oxygens (including phenoxy) is 2. The lowest BCUT2D eigenvalue weighted by Crippen LogP contribution is -2.25. The summed E-state index contributed by atoms with van der Waals surface area (Å²) in [6.07, 6.45) is 2.21. The third-order valence-corrected chi connectivity index (χ3v) is 3.10. The fraction of sp³-hybridized carbons (Fsp3) is 0.625. The van der Waals surface area contributed by atoms with Crippen LogP contribution in [0, 0.1) is 6.92 Å². The van der Waals surface area contributed by atoms with E-state index in [1.165, 1.54) is 11.1 Å². The summed E-state index contributed by atoms with van der Waals surface area (Å²) in [4.78, 5) is 0. The third kappa shape index (κ3) is 6.19. The molecular weight excluding hydrogens is 238 g/mol. The second-order valence-electron chi connectivity index (χ2n) is 4.77. The topological polar surface area (TPSA) is 30.5 Å². The van der Waals surface area contributed by atoms with Gasteiger partial charge >= 0.3 is 0 Å². The lowest BCUT2D eigenvalue weighted by Gasteiger charge is -2.20. The Balaban J connectivity index is 2.55. The molecule has 1 unspecified atom stereocenters. The molecule has 108 valence electrons. The van der Waals surface area contributed by atoms with Gasteiger partial charge < -0.3 is 14.8 Å². The second kappa shape index (κ2) is 9.96. The third-order valence-electron chi connectivity index (χ3n) is 3.10. The summed E-state index contributed by atoms with van der Waals surface area (Å²) in [5.74, 6) is 0. The first-order chi connectivity index (χ1) is 9.29. The molecule has 0 bridgehead atoms. The van der Waals surface area contributed by atoms with Crippen LogP contribution in [0.5, 0.6) is 0 Å². The minimum atomic E-state index is 0.129. The van der Waals surface area contributed by atoms with Gasteiger partial charge in [0.1, 0.15) is 0 Å². The van der Waals surface area contributed by atoms with Crippen molar-refractivity contribution in [1.82, 2.24) is 5.32 Å². The number of nitrogens with one attached hydrogen (secondary N) is 1. The van der Waals surface area contributed by atoms with Crippen molar-refractivity contribution in [2.45, 2.75) is 32.8 Å². The highest BCUT2D eigenvalue weighted by molar-refractivity contribution is 5.28. The molecule has 1 rings (SSSR count). The highest BCUT2D eigenvalue weighted by atomic mass is 16.5. The normalized spacial score (nSPS) is 12.6. The van der Waals surface area contributed by atoms with Gasteiger partial charge in [-0.3, -0.25) is 0 Å². The Morgan fingerprint density at radius 2 is 2.00 bits per heavy atom. The zero-order valence-corrected chi connectivity index (χ0v) is 12.4. The van der Waals surface area contributed by atoms with Crippen molar-refractivity contribution in [1.29, 1.82) is 0 Å². The molecule has 3 heteroatoms. The molecule has 1 aromatic rings. The number of aryl methyl sites for hydroxylation is 1. The van der Waals surface area contributed by atoms with Gasteiger partial charge in [-0.25, -0.2) is 0 Å². The molecule has 0 heterocycles. The van der Waals surface area contributed by atoms with Crippen molar-refractivity contribution >= 4 is 0 Å². The highest BCUT2D eigenvalue weighted by Crippen LogP contribution is 2.20. The SMILES string of the molecule is CCCNCC(OCCCOC)c1ccccc1C. The van der Waals surface area contributed by atoms with Gasteiger partial charge in [0, 0.05) is 26.9 Å². The predicted octanol–water partition coefficient (Wildman–Crippen LogP) is 3.09. The first-order valence-electron chi connectivity index (χ1n) is 7.16. The number of rotatable bonds is 10. The Labute approximate surface area is 117 Å². The van der Waals surface area contributed by atoms with Crippen molar-refractivity contribution in [2.75, 3.05) is 33.4 Å². The molecular formula is C16H27NO2. The van der Waals surface area contributed by atoms with E-state index in [1.807, 2.05) is 0 Å². The molecule has 0 spiro atoms. The van der Waals surface area contributed by atoms with Gasteiger partial charge in [0.15, 0.2) is 0 Å². The van der Waals surface area contributed by atoms with Crippen LogP contribution < -0.4 is 5.32 Å². The van der Waals surface area contributed by atoms with Crippen LogP contribution in [0.2, 0.25) is 0 Å². The standard InChI is InChI=1S/C16H27NO2/c1-4-10-17-13-16(19-12-7-11-18-3)15-9-6-5-8-14(15)2/h5-6,8-9,16-17H,4,7,10-13H2,1-3H3. The molecule has 3 nitrogen and oxygen atoms in total. The molecule has 0 aliphatic carbocycles. The molecule has 1 N–H and O–H groups in total. The summed E-state index contributed by atoms with van der Waals surface area (Å²) < 4.78 is 11.1. The first-order valence-corrected chi connectivity index (χ1v) is 7.16. The van der Waals surface area contributed by atoms with Crippen LogP contribution in [0.3, 0.4) is 0 Å². The largest absolute Gasteiger partial charge is 0.385 e. The molecule has 0 fully saturated rings. The summed E-state index contributed by atoms with van der Waals surface area (Å²) >= 11 is 0. The van der Waals surface area contributed by atoms with Crippen LogP contribution >= 0.6 is 0 Å². The minimum Gasteiger partial charge on any atom is -0.385 e. The summed E-state index contributed by atoms with van der Waals surface area (Å²) in [5.41, 5.74) is 2.57. The van der Waals surface area contributed by atoms with Crippen molar-refractivity contribution in [2.24, 2.45) is 0 Å². The highest BCUT2D eigenvalue weighted by Gasteiger charge is 2.13. The van der Waals surface area contributed by atoms with Crippen LogP contribution in [0.4, 0.5) is 0 Å². The van der Waals surface area contributed by atoms with E-state index in [2.05, 4.69) is 43.4 Å². The van der Waals surface area contributed by atoms with Crippen molar-refractivity contribution < 1.29 is 9.47 Å². The van der Waals surface area contributed by atoms with Crippen LogP contribution in [0.25, 0.3) is 0 Å². The van der Waals surface area contributed by atoms with Crippen LogP contribution in [0.1, 0.15) is 37.0 Å². The number of hydrogen-bond acceptors (Lipinski definition) is 3. The predicted molar refractivity (Wildman–Crippen MR) is 79.5 cm³/mol. The maximum atomic E-state index is 6.02. The molecule has 0 saturated carbocycles. The summed E-state index contributed by atoms with van der Waals surface area (Å²) in [7, 11) is 1.72. The van der Waals surface area contributed by atoms with E-state index < -0.39 is 0 Å². The summed E-state index contributed by atoms with van der Waals surface area (Å²) in [6.45, 7) is 7.70. The zero-order valence-electron chi connectivity index (χ0n) is 12.4. The van der Waals surface area contributed by atoms with Gasteiger partial charge in [0.05, 0.1) is 6.10 Å². The van der Waals surface area contributed by atoms with Gasteiger partial charge in [-0.2, -0.15) is 0 Å². The van der Waals surface area contributed by atoms with E-state index in [0.717, 1.165) is 39.1 Å². The van der Waals surface area contributed by atoms with E-state index >= 15 is 0 Å². The molecule has 19 heavy (non-hydrogen) atoms. The van der Waals surface area contributed by atoms with Gasteiger partial charge in [-0.1, -0.05) is 31.2 Å². The van der Waals surface area contributed by atoms with Crippen LogP contribution in [0.15, 0.2) is 24.3 Å². The van der Waals surface area contributed by atoms with E-state index in [4.69, 9.17) is 9.47 Å². The lowest BCUT2D eigenvalue weighted by atomic mass is 10.0. The van der Waals surface area contributed by atoms with Gasteiger partial charge in [-0.15, -0.1) is 0 Å². The summed E-state index contributed by atoms with van der Waals surface area (Å²) in [6, 6.07) is 8.44. The maximum absolute atomic E-state index is 6.02. The van der Waals surface area contributed by atoms with Crippen LogP contribution in [-0.4, -0.2) is 33.4 Å². The quantitative estimate of drug-likeness (QED) is 0.659. The fourth-order valence-corrected chi connectivity index (χ4v) is 2.05. The Morgan fingerprint density at radius 1 is 1.21 bits per heavy atom. The van der Waals surface area contributed by atoms with E-state index in [1.54, 1.807) is 7.11 Å². The molecule has 0 aliphatic rings. The minimum absolute atomic E-state index is 0.129. The summed E-state index contributed by atoms with van der Waals surface area (Å²) in [5, 5.41) is 3.45. The van der Waals surface area contributed by atoms with Gasteiger partial charge in [0.2, 0.25) is 0 Å². The molecule has 0 amide bonds. The second-order valence-corrected chi connectivity index (χ2v) is 4.77. The van der Waals surface area contributed by atoms with E-state index in [-0.39, 0.29) is 6.10 Å². The Morgan fingerprint density at radius 3 is 2.68 bits per heavy atom.